The second-order valence-corrected chi connectivity index (χ2v) is 9.37. The summed E-state index contributed by atoms with van der Waals surface area (Å²) in [5.41, 5.74) is -0.204. The zero-order chi connectivity index (χ0) is 22.6. The molecule has 5 nitrogen and oxygen atoms in total. The molecule has 1 rings (SSSR count). The second kappa shape index (κ2) is 9.73. The van der Waals surface area contributed by atoms with Crippen LogP contribution in [-0.4, -0.2) is 28.9 Å². The highest BCUT2D eigenvalue weighted by Crippen LogP contribution is 2.33. The lowest BCUT2D eigenvalue weighted by molar-refractivity contribution is -0.148. The molecule has 0 aromatic carbocycles. The number of rotatable bonds is 10. The topological polar surface area (TPSA) is 67.8 Å². The number of nitrogens with one attached hydrogen (secondary N) is 1. The van der Waals surface area contributed by atoms with Crippen LogP contribution in [0.5, 0.6) is 0 Å². The minimum Gasteiger partial charge on any atom is -0.452 e. The molecule has 3 unspecified atom stereocenters. The minimum atomic E-state index is -0.822. The molecule has 0 fully saturated rings. The molecule has 1 amide bonds. The summed E-state index contributed by atoms with van der Waals surface area (Å²) < 4.78 is 5.76. The summed E-state index contributed by atoms with van der Waals surface area (Å²) in [5, 5.41) is 2.98. The molecule has 1 aliphatic rings. The third kappa shape index (κ3) is 5.80. The Hall–Kier alpha value is -1.91. The van der Waals surface area contributed by atoms with Gasteiger partial charge in [0.1, 0.15) is 17.0 Å². The summed E-state index contributed by atoms with van der Waals surface area (Å²) in [7, 11) is 0. The lowest BCUT2D eigenvalue weighted by Gasteiger charge is -2.26. The number of esters is 1. The van der Waals surface area contributed by atoms with Gasteiger partial charge in [0.15, 0.2) is 0 Å². The Morgan fingerprint density at radius 1 is 1.24 bits per heavy atom. The van der Waals surface area contributed by atoms with Crippen LogP contribution in [-0.2, 0) is 14.3 Å². The normalized spacial score (nSPS) is 22.6. The maximum Gasteiger partial charge on any atom is 0.335 e. The zero-order valence-electron chi connectivity index (χ0n) is 19.8. The van der Waals surface area contributed by atoms with Gasteiger partial charge in [-0.25, -0.2) is 4.79 Å². The summed E-state index contributed by atoms with van der Waals surface area (Å²) in [4.78, 5) is 30.9. The van der Waals surface area contributed by atoms with E-state index in [1.54, 1.807) is 6.08 Å². The average Bonchev–Trinajstić information content (AvgIpc) is 2.95. The molecule has 29 heavy (non-hydrogen) atoms. The Bertz CT molecular complexity index is 703. The quantitative estimate of drug-likeness (QED) is 0.308. The first-order chi connectivity index (χ1) is 13.3. The number of carbonyl (C=O) groups excluding carboxylic acids is 2. The Kier molecular flexibility index (Phi) is 8.43. The number of nitrogens with zero attached hydrogens (tertiary/aromatic N) is 1. The predicted molar refractivity (Wildman–Crippen MR) is 120 cm³/mol. The van der Waals surface area contributed by atoms with Crippen LogP contribution < -0.4 is 5.32 Å². The van der Waals surface area contributed by atoms with Gasteiger partial charge in [-0.2, -0.15) is 0 Å². The molecule has 164 valence electrons. The number of amides is 1. The third-order valence-electron chi connectivity index (χ3n) is 6.00. The van der Waals surface area contributed by atoms with E-state index in [4.69, 9.17) is 9.73 Å². The summed E-state index contributed by atoms with van der Waals surface area (Å²) in [5.74, 6) is 0.417. The van der Waals surface area contributed by atoms with Gasteiger partial charge in [-0.1, -0.05) is 54.5 Å². The molecule has 1 N–H and O–H groups in total. The number of hydrogen-bond donors (Lipinski definition) is 1. The third-order valence-corrected chi connectivity index (χ3v) is 6.00. The van der Waals surface area contributed by atoms with Gasteiger partial charge in [-0.15, -0.1) is 0 Å². The van der Waals surface area contributed by atoms with E-state index in [2.05, 4.69) is 32.7 Å². The SMILES string of the molecule is C=CC(C)(C)OC(=O)/C(=C(\CC(C)C)C1=NC(C)(C(C)CC)C(=O)N1)C(C)CC. The van der Waals surface area contributed by atoms with Gasteiger partial charge < -0.3 is 10.1 Å². The van der Waals surface area contributed by atoms with Crippen LogP contribution in [0.2, 0.25) is 0 Å². The standard InChI is InChI=1S/C24H40N2O3/c1-11-16(6)19(21(27)29-23(8,9)13-3)18(14-15(4)5)20-25-22(28)24(10,26-20)17(7)12-2/h13,15-17H,3,11-12,14H2,1-2,4-10H3,(H,25,26,28)/b19-18+. The molecule has 0 saturated heterocycles. The molecule has 1 heterocycles. The monoisotopic (exact) mass is 404 g/mol. The summed E-state index contributed by atoms with van der Waals surface area (Å²) in [6, 6.07) is 0. The van der Waals surface area contributed by atoms with Crippen LogP contribution in [0.4, 0.5) is 0 Å². The van der Waals surface area contributed by atoms with Gasteiger partial charge in [-0.3, -0.25) is 9.79 Å². The summed E-state index contributed by atoms with van der Waals surface area (Å²) in [6.07, 6.45) is 3.89. The highest BCUT2D eigenvalue weighted by atomic mass is 16.6. The minimum absolute atomic E-state index is 0.0214. The molecule has 0 aliphatic carbocycles. The lowest BCUT2D eigenvalue weighted by atomic mass is 9.85. The first-order valence-corrected chi connectivity index (χ1v) is 10.8. The van der Waals surface area contributed by atoms with Gasteiger partial charge in [-0.05, 0) is 57.4 Å². The highest BCUT2D eigenvalue weighted by Gasteiger charge is 2.44. The van der Waals surface area contributed by atoms with Crippen molar-refractivity contribution in [2.75, 3.05) is 0 Å². The van der Waals surface area contributed by atoms with Gasteiger partial charge in [0.2, 0.25) is 0 Å². The van der Waals surface area contributed by atoms with Crippen LogP contribution in [0.25, 0.3) is 0 Å². The first-order valence-electron chi connectivity index (χ1n) is 10.8. The Morgan fingerprint density at radius 3 is 2.28 bits per heavy atom. The van der Waals surface area contributed by atoms with Crippen molar-refractivity contribution in [3.05, 3.63) is 23.8 Å². The Morgan fingerprint density at radius 2 is 1.83 bits per heavy atom. The van der Waals surface area contributed by atoms with Crippen LogP contribution in [0.1, 0.15) is 81.6 Å². The van der Waals surface area contributed by atoms with Crippen molar-refractivity contribution < 1.29 is 14.3 Å². The van der Waals surface area contributed by atoms with Crippen molar-refractivity contribution in [3.63, 3.8) is 0 Å². The van der Waals surface area contributed by atoms with Crippen LogP contribution >= 0.6 is 0 Å². The Balaban J connectivity index is 3.62. The fourth-order valence-corrected chi connectivity index (χ4v) is 3.32. The van der Waals surface area contributed by atoms with E-state index in [1.165, 1.54) is 0 Å². The maximum absolute atomic E-state index is 13.2. The molecular weight excluding hydrogens is 364 g/mol. The van der Waals surface area contributed by atoms with E-state index in [1.807, 2.05) is 41.5 Å². The van der Waals surface area contributed by atoms with Crippen molar-refractivity contribution >= 4 is 17.7 Å². The van der Waals surface area contributed by atoms with Gasteiger partial charge in [0.25, 0.3) is 5.91 Å². The van der Waals surface area contributed by atoms with E-state index >= 15 is 0 Å². The molecule has 0 aromatic heterocycles. The Labute approximate surface area is 177 Å². The zero-order valence-corrected chi connectivity index (χ0v) is 19.8. The van der Waals surface area contributed by atoms with Gasteiger partial charge in [0, 0.05) is 11.1 Å². The van der Waals surface area contributed by atoms with Crippen molar-refractivity contribution in [2.45, 2.75) is 92.7 Å². The van der Waals surface area contributed by atoms with Crippen molar-refractivity contribution in [2.24, 2.45) is 22.7 Å². The second-order valence-electron chi connectivity index (χ2n) is 9.37. The predicted octanol–water partition coefficient (Wildman–Crippen LogP) is 5.22. The van der Waals surface area contributed by atoms with E-state index in [-0.39, 0.29) is 23.7 Å². The van der Waals surface area contributed by atoms with E-state index < -0.39 is 11.1 Å². The molecule has 5 heteroatoms. The summed E-state index contributed by atoms with van der Waals surface area (Å²) >= 11 is 0. The van der Waals surface area contributed by atoms with Crippen molar-refractivity contribution in [1.29, 1.82) is 0 Å². The number of ether oxygens (including phenoxy) is 1. The molecule has 0 bridgehead atoms. The van der Waals surface area contributed by atoms with Gasteiger partial charge in [0.05, 0.1) is 0 Å². The number of aliphatic imine (C=N–C) groups is 1. The molecule has 3 atom stereocenters. The van der Waals surface area contributed by atoms with E-state index in [9.17, 15) is 9.59 Å². The number of hydrogen-bond acceptors (Lipinski definition) is 4. The lowest BCUT2D eigenvalue weighted by Crippen LogP contribution is -2.42. The van der Waals surface area contributed by atoms with Gasteiger partial charge >= 0.3 is 5.97 Å². The maximum atomic E-state index is 13.2. The smallest absolute Gasteiger partial charge is 0.335 e. The molecule has 1 aliphatic heterocycles. The molecule has 0 saturated carbocycles. The summed E-state index contributed by atoms with van der Waals surface area (Å²) in [6.45, 7) is 21.6. The van der Waals surface area contributed by atoms with Crippen LogP contribution in [0.3, 0.4) is 0 Å². The molecule has 0 aromatic rings. The fourth-order valence-electron chi connectivity index (χ4n) is 3.32. The fraction of sp³-hybridized carbons (Fsp3) is 0.708. The molecule has 0 spiro atoms. The highest BCUT2D eigenvalue weighted by molar-refractivity contribution is 6.17. The van der Waals surface area contributed by atoms with Crippen LogP contribution in [0.15, 0.2) is 28.8 Å². The number of amidine groups is 1. The van der Waals surface area contributed by atoms with E-state index in [0.717, 1.165) is 18.4 Å². The van der Waals surface area contributed by atoms with Crippen molar-refractivity contribution in [1.82, 2.24) is 5.32 Å². The van der Waals surface area contributed by atoms with E-state index in [0.29, 0.717) is 23.7 Å². The molecular formula is C24H40N2O3. The first kappa shape index (κ1) is 25.1. The van der Waals surface area contributed by atoms with Crippen LogP contribution in [0, 0.1) is 17.8 Å². The number of carbonyl (C=O) groups is 2. The molecule has 0 radical (unpaired) electrons. The van der Waals surface area contributed by atoms with Crippen molar-refractivity contribution in [3.8, 4) is 0 Å². The largest absolute Gasteiger partial charge is 0.452 e. The average molecular weight is 405 g/mol.